The zero-order valence-corrected chi connectivity index (χ0v) is 9.73. The largest absolute Gasteiger partial charge is 0.507 e. The summed E-state index contributed by atoms with van der Waals surface area (Å²) in [5.41, 5.74) is 0.527. The molecule has 0 saturated heterocycles. The molecular formula is C12H19NO3. The predicted molar refractivity (Wildman–Crippen MR) is 62.7 cm³/mol. The minimum atomic E-state index is -0.110. The minimum Gasteiger partial charge on any atom is -0.507 e. The first kappa shape index (κ1) is 12.8. The molecule has 0 amide bonds. The summed E-state index contributed by atoms with van der Waals surface area (Å²) >= 11 is 0. The Bertz CT molecular complexity index is 308. The van der Waals surface area contributed by atoms with Gasteiger partial charge in [-0.1, -0.05) is 6.07 Å². The van der Waals surface area contributed by atoms with E-state index >= 15 is 0 Å². The molecule has 0 radical (unpaired) electrons. The number of phenols is 2. The summed E-state index contributed by atoms with van der Waals surface area (Å²) in [7, 11) is 0. The second-order valence-corrected chi connectivity index (χ2v) is 3.58. The lowest BCUT2D eigenvalue weighted by Crippen LogP contribution is -2.23. The smallest absolute Gasteiger partial charge is 0.124 e. The number of benzene rings is 1. The molecule has 0 aliphatic rings. The van der Waals surface area contributed by atoms with Crippen LogP contribution < -0.4 is 5.32 Å². The maximum absolute atomic E-state index is 9.63. The quantitative estimate of drug-likeness (QED) is 0.646. The SMILES string of the molecule is CCOCCNC(C)c1c(O)cccc1O. The summed E-state index contributed by atoms with van der Waals surface area (Å²) in [6, 6.07) is 4.63. The molecule has 1 atom stereocenters. The van der Waals surface area contributed by atoms with Gasteiger partial charge in [-0.3, -0.25) is 0 Å². The fourth-order valence-electron chi connectivity index (χ4n) is 1.58. The third kappa shape index (κ3) is 3.40. The maximum Gasteiger partial charge on any atom is 0.124 e. The van der Waals surface area contributed by atoms with Crippen molar-refractivity contribution in [2.45, 2.75) is 19.9 Å². The zero-order valence-electron chi connectivity index (χ0n) is 9.73. The number of rotatable bonds is 6. The fraction of sp³-hybridized carbons (Fsp3) is 0.500. The van der Waals surface area contributed by atoms with Gasteiger partial charge >= 0.3 is 0 Å². The van der Waals surface area contributed by atoms with Crippen molar-refractivity contribution in [3.8, 4) is 11.5 Å². The summed E-state index contributed by atoms with van der Waals surface area (Å²) in [4.78, 5) is 0. The normalized spacial score (nSPS) is 12.6. The average molecular weight is 225 g/mol. The number of nitrogens with one attached hydrogen (secondary N) is 1. The lowest BCUT2D eigenvalue weighted by atomic mass is 10.1. The first-order valence-corrected chi connectivity index (χ1v) is 5.48. The van der Waals surface area contributed by atoms with E-state index in [-0.39, 0.29) is 17.5 Å². The fourth-order valence-corrected chi connectivity index (χ4v) is 1.58. The number of hydrogen-bond donors (Lipinski definition) is 3. The first-order chi connectivity index (χ1) is 7.66. The van der Waals surface area contributed by atoms with Crippen molar-refractivity contribution in [3.05, 3.63) is 23.8 Å². The highest BCUT2D eigenvalue weighted by atomic mass is 16.5. The van der Waals surface area contributed by atoms with Gasteiger partial charge in [0, 0.05) is 19.2 Å². The molecule has 1 aromatic rings. The Labute approximate surface area is 95.9 Å². The van der Waals surface area contributed by atoms with Gasteiger partial charge in [0.05, 0.1) is 12.2 Å². The molecule has 1 unspecified atom stereocenters. The van der Waals surface area contributed by atoms with Crippen molar-refractivity contribution < 1.29 is 14.9 Å². The molecule has 4 heteroatoms. The predicted octanol–water partition coefficient (Wildman–Crippen LogP) is 1.78. The molecule has 0 aromatic heterocycles. The Morgan fingerprint density at radius 3 is 2.50 bits per heavy atom. The standard InChI is InChI=1S/C12H19NO3/c1-3-16-8-7-13-9(2)12-10(14)5-4-6-11(12)15/h4-6,9,13-15H,3,7-8H2,1-2H3. The topological polar surface area (TPSA) is 61.7 Å². The van der Waals surface area contributed by atoms with Crippen LogP contribution in [0.1, 0.15) is 25.5 Å². The van der Waals surface area contributed by atoms with Crippen LogP contribution in [0, 0.1) is 0 Å². The second kappa shape index (κ2) is 6.35. The summed E-state index contributed by atoms with van der Waals surface area (Å²) in [6.07, 6.45) is 0. The molecule has 0 spiro atoms. The summed E-state index contributed by atoms with van der Waals surface area (Å²) in [6.45, 7) is 5.83. The Balaban J connectivity index is 2.55. The molecule has 0 aliphatic heterocycles. The highest BCUT2D eigenvalue weighted by Crippen LogP contribution is 2.31. The zero-order chi connectivity index (χ0) is 12.0. The average Bonchev–Trinajstić information content (AvgIpc) is 2.24. The van der Waals surface area contributed by atoms with Crippen LogP contribution in [0.3, 0.4) is 0 Å². The molecule has 0 aliphatic carbocycles. The number of ether oxygens (including phenoxy) is 1. The van der Waals surface area contributed by atoms with Gasteiger partial charge in [0.1, 0.15) is 11.5 Å². The van der Waals surface area contributed by atoms with Crippen LogP contribution in [0.2, 0.25) is 0 Å². The van der Waals surface area contributed by atoms with Gasteiger partial charge in [0.15, 0.2) is 0 Å². The van der Waals surface area contributed by atoms with Crippen molar-refractivity contribution in [2.24, 2.45) is 0 Å². The molecule has 1 rings (SSSR count). The lowest BCUT2D eigenvalue weighted by Gasteiger charge is -2.16. The van der Waals surface area contributed by atoms with Crippen LogP contribution >= 0.6 is 0 Å². The van der Waals surface area contributed by atoms with Gasteiger partial charge in [-0.15, -0.1) is 0 Å². The van der Waals surface area contributed by atoms with E-state index < -0.39 is 0 Å². The van der Waals surface area contributed by atoms with E-state index in [1.807, 2.05) is 13.8 Å². The molecule has 4 nitrogen and oxygen atoms in total. The molecule has 90 valence electrons. The van der Waals surface area contributed by atoms with Crippen molar-refractivity contribution in [3.63, 3.8) is 0 Å². The van der Waals surface area contributed by atoms with E-state index in [1.54, 1.807) is 18.2 Å². The van der Waals surface area contributed by atoms with Gasteiger partial charge in [0.25, 0.3) is 0 Å². The van der Waals surface area contributed by atoms with Crippen molar-refractivity contribution in [1.82, 2.24) is 5.32 Å². The van der Waals surface area contributed by atoms with Crippen molar-refractivity contribution in [1.29, 1.82) is 0 Å². The lowest BCUT2D eigenvalue weighted by molar-refractivity contribution is 0.147. The van der Waals surface area contributed by atoms with Crippen LogP contribution in [0.15, 0.2) is 18.2 Å². The molecule has 3 N–H and O–H groups in total. The van der Waals surface area contributed by atoms with Gasteiger partial charge in [0.2, 0.25) is 0 Å². The highest BCUT2D eigenvalue weighted by molar-refractivity contribution is 5.44. The molecule has 1 aromatic carbocycles. The van der Waals surface area contributed by atoms with E-state index in [4.69, 9.17) is 4.74 Å². The third-order valence-electron chi connectivity index (χ3n) is 2.39. The number of hydrogen-bond acceptors (Lipinski definition) is 4. The molecule has 16 heavy (non-hydrogen) atoms. The molecule has 0 heterocycles. The maximum atomic E-state index is 9.63. The van der Waals surface area contributed by atoms with E-state index in [1.165, 1.54) is 0 Å². The van der Waals surface area contributed by atoms with Crippen LogP contribution in [0.25, 0.3) is 0 Å². The van der Waals surface area contributed by atoms with Crippen molar-refractivity contribution >= 4 is 0 Å². The minimum absolute atomic E-state index is 0.108. The first-order valence-electron chi connectivity index (χ1n) is 5.48. The van der Waals surface area contributed by atoms with Gasteiger partial charge in [-0.25, -0.2) is 0 Å². The summed E-state index contributed by atoms with van der Waals surface area (Å²) < 4.78 is 5.19. The monoisotopic (exact) mass is 225 g/mol. The third-order valence-corrected chi connectivity index (χ3v) is 2.39. The Morgan fingerprint density at radius 1 is 1.31 bits per heavy atom. The van der Waals surface area contributed by atoms with Gasteiger partial charge < -0.3 is 20.3 Å². The van der Waals surface area contributed by atoms with Crippen LogP contribution in [-0.4, -0.2) is 30.0 Å². The number of phenolic OH excluding ortho intramolecular Hbond substituents is 2. The Hall–Kier alpha value is -1.26. The van der Waals surface area contributed by atoms with E-state index in [9.17, 15) is 10.2 Å². The van der Waals surface area contributed by atoms with Crippen LogP contribution in [-0.2, 0) is 4.74 Å². The van der Waals surface area contributed by atoms with E-state index in [0.29, 0.717) is 25.3 Å². The number of aromatic hydroxyl groups is 2. The van der Waals surface area contributed by atoms with Crippen LogP contribution in [0.4, 0.5) is 0 Å². The second-order valence-electron chi connectivity index (χ2n) is 3.58. The molecule has 0 fully saturated rings. The van der Waals surface area contributed by atoms with Crippen molar-refractivity contribution in [2.75, 3.05) is 19.8 Å². The van der Waals surface area contributed by atoms with E-state index in [2.05, 4.69) is 5.32 Å². The molecule has 0 saturated carbocycles. The Kier molecular flexibility index (Phi) is 5.08. The summed E-state index contributed by atoms with van der Waals surface area (Å²) in [5, 5.41) is 22.4. The molecule has 0 bridgehead atoms. The van der Waals surface area contributed by atoms with Gasteiger partial charge in [-0.2, -0.15) is 0 Å². The van der Waals surface area contributed by atoms with Gasteiger partial charge in [-0.05, 0) is 26.0 Å². The summed E-state index contributed by atoms with van der Waals surface area (Å²) in [5.74, 6) is 0.216. The molecular weight excluding hydrogens is 206 g/mol. The Morgan fingerprint density at radius 2 is 1.94 bits per heavy atom. The van der Waals surface area contributed by atoms with Crippen LogP contribution in [0.5, 0.6) is 11.5 Å². The van der Waals surface area contributed by atoms with E-state index in [0.717, 1.165) is 0 Å². The highest BCUT2D eigenvalue weighted by Gasteiger charge is 2.13.